The van der Waals surface area contributed by atoms with E-state index < -0.39 is 5.97 Å². The molecule has 0 heterocycles. The van der Waals surface area contributed by atoms with Crippen molar-refractivity contribution < 1.29 is 23.8 Å². The number of nitrogens with one attached hydrogen (secondary N) is 1. The molecule has 0 atom stereocenters. The lowest BCUT2D eigenvalue weighted by molar-refractivity contribution is -0.146. The summed E-state index contributed by atoms with van der Waals surface area (Å²) < 4.78 is 15.5. The number of esters is 1. The van der Waals surface area contributed by atoms with Crippen LogP contribution in [0.5, 0.6) is 11.5 Å². The van der Waals surface area contributed by atoms with Gasteiger partial charge in [0.05, 0.1) is 20.6 Å². The van der Waals surface area contributed by atoms with Gasteiger partial charge in [-0.25, -0.2) is 0 Å². The van der Waals surface area contributed by atoms with Crippen molar-refractivity contribution in [2.45, 2.75) is 26.7 Å². The highest BCUT2D eigenvalue weighted by Gasteiger charge is 2.13. The molecule has 0 saturated carbocycles. The van der Waals surface area contributed by atoms with Crippen LogP contribution in [-0.4, -0.2) is 32.7 Å². The van der Waals surface area contributed by atoms with Crippen molar-refractivity contribution in [3.8, 4) is 11.5 Å². The van der Waals surface area contributed by atoms with E-state index in [-0.39, 0.29) is 18.9 Å². The van der Waals surface area contributed by atoms with Gasteiger partial charge < -0.3 is 19.5 Å². The lowest BCUT2D eigenvalue weighted by atomic mass is 10.1. The molecule has 2 aromatic rings. The molecule has 0 aliphatic heterocycles. The second kappa shape index (κ2) is 9.62. The lowest BCUT2D eigenvalue weighted by Gasteiger charge is -2.13. The highest BCUT2D eigenvalue weighted by atomic mass is 16.5. The number of amides is 1. The fourth-order valence-corrected chi connectivity index (χ4v) is 2.73. The van der Waals surface area contributed by atoms with Crippen LogP contribution in [0.2, 0.25) is 0 Å². The van der Waals surface area contributed by atoms with Gasteiger partial charge >= 0.3 is 5.97 Å². The first kappa shape index (κ1) is 20.3. The Hall–Kier alpha value is -3.02. The molecule has 0 fully saturated rings. The van der Waals surface area contributed by atoms with E-state index in [1.807, 2.05) is 32.0 Å². The van der Waals surface area contributed by atoms with Gasteiger partial charge in [0, 0.05) is 5.69 Å². The van der Waals surface area contributed by atoms with Gasteiger partial charge in [-0.1, -0.05) is 31.2 Å². The number of hydrogen-bond donors (Lipinski definition) is 1. The fraction of sp³-hybridized carbons (Fsp3) is 0.333. The molecule has 0 bridgehead atoms. The average Bonchev–Trinajstić information content (AvgIpc) is 2.67. The maximum absolute atomic E-state index is 12.1. The fourth-order valence-electron chi connectivity index (χ4n) is 2.73. The van der Waals surface area contributed by atoms with Gasteiger partial charge in [-0.2, -0.15) is 0 Å². The third kappa shape index (κ3) is 5.48. The van der Waals surface area contributed by atoms with Crippen LogP contribution in [0.3, 0.4) is 0 Å². The molecular formula is C21H25NO5. The highest BCUT2D eigenvalue weighted by molar-refractivity contribution is 5.94. The van der Waals surface area contributed by atoms with E-state index in [9.17, 15) is 9.59 Å². The van der Waals surface area contributed by atoms with Gasteiger partial charge in [0.25, 0.3) is 5.91 Å². The zero-order chi connectivity index (χ0) is 19.8. The van der Waals surface area contributed by atoms with E-state index in [0.29, 0.717) is 17.1 Å². The van der Waals surface area contributed by atoms with Crippen LogP contribution >= 0.6 is 0 Å². The number of methoxy groups -OCH3 is 2. The number of carbonyl (C=O) groups is 2. The van der Waals surface area contributed by atoms with Crippen molar-refractivity contribution in [3.63, 3.8) is 0 Å². The van der Waals surface area contributed by atoms with Gasteiger partial charge in [-0.05, 0) is 42.2 Å². The number of carbonyl (C=O) groups excluding carboxylic acids is 2. The Morgan fingerprint density at radius 1 is 1.04 bits per heavy atom. The first-order valence-electron chi connectivity index (χ1n) is 8.73. The van der Waals surface area contributed by atoms with Gasteiger partial charge in [0.1, 0.15) is 0 Å². The molecule has 1 amide bonds. The number of para-hydroxylation sites is 1. The largest absolute Gasteiger partial charge is 0.493 e. The third-order valence-corrected chi connectivity index (χ3v) is 4.17. The van der Waals surface area contributed by atoms with E-state index in [1.54, 1.807) is 25.3 Å². The molecule has 0 aromatic heterocycles. The predicted molar refractivity (Wildman–Crippen MR) is 103 cm³/mol. The number of benzene rings is 2. The Morgan fingerprint density at radius 2 is 1.78 bits per heavy atom. The maximum atomic E-state index is 12.1. The van der Waals surface area contributed by atoms with Crippen LogP contribution in [0, 0.1) is 6.92 Å². The number of anilines is 1. The molecule has 0 saturated heterocycles. The van der Waals surface area contributed by atoms with Gasteiger partial charge in [-0.3, -0.25) is 9.59 Å². The van der Waals surface area contributed by atoms with Gasteiger partial charge in [-0.15, -0.1) is 0 Å². The predicted octanol–water partition coefficient (Wildman–Crippen LogP) is 3.30. The van der Waals surface area contributed by atoms with Gasteiger partial charge in [0.15, 0.2) is 18.1 Å². The first-order chi connectivity index (χ1) is 13.0. The monoisotopic (exact) mass is 371 g/mol. The Morgan fingerprint density at radius 3 is 2.44 bits per heavy atom. The smallest absolute Gasteiger partial charge is 0.310 e. The highest BCUT2D eigenvalue weighted by Crippen LogP contribution is 2.27. The van der Waals surface area contributed by atoms with E-state index in [0.717, 1.165) is 23.2 Å². The van der Waals surface area contributed by atoms with Crippen LogP contribution in [0.1, 0.15) is 23.6 Å². The molecule has 27 heavy (non-hydrogen) atoms. The quantitative estimate of drug-likeness (QED) is 0.721. The summed E-state index contributed by atoms with van der Waals surface area (Å²) in [4.78, 5) is 24.2. The minimum atomic E-state index is -0.488. The summed E-state index contributed by atoms with van der Waals surface area (Å²) >= 11 is 0. The van der Waals surface area contributed by atoms with E-state index in [2.05, 4.69) is 5.32 Å². The van der Waals surface area contributed by atoms with Crippen LogP contribution in [-0.2, 0) is 27.2 Å². The molecule has 0 radical (unpaired) electrons. The summed E-state index contributed by atoms with van der Waals surface area (Å²) in [6, 6.07) is 11.0. The first-order valence-corrected chi connectivity index (χ1v) is 8.73. The summed E-state index contributed by atoms with van der Waals surface area (Å²) in [5, 5.41) is 2.83. The van der Waals surface area contributed by atoms with Crippen LogP contribution in [0.15, 0.2) is 36.4 Å². The lowest BCUT2D eigenvalue weighted by Crippen LogP contribution is -2.22. The molecule has 144 valence electrons. The van der Waals surface area contributed by atoms with Crippen molar-refractivity contribution >= 4 is 17.6 Å². The summed E-state index contributed by atoms with van der Waals surface area (Å²) in [5.41, 5.74) is 3.51. The molecule has 0 aliphatic rings. The molecule has 6 heteroatoms. The van der Waals surface area contributed by atoms with Crippen molar-refractivity contribution in [1.29, 1.82) is 0 Å². The maximum Gasteiger partial charge on any atom is 0.310 e. The number of hydrogen-bond acceptors (Lipinski definition) is 5. The third-order valence-electron chi connectivity index (χ3n) is 4.17. The summed E-state index contributed by atoms with van der Waals surface area (Å²) in [6.07, 6.45) is 0.842. The molecule has 1 N–H and O–H groups in total. The van der Waals surface area contributed by atoms with Crippen LogP contribution in [0.25, 0.3) is 0 Å². The number of ether oxygens (including phenoxy) is 3. The molecular weight excluding hydrogens is 346 g/mol. The minimum Gasteiger partial charge on any atom is -0.493 e. The van der Waals surface area contributed by atoms with Crippen molar-refractivity contribution in [2.75, 3.05) is 26.1 Å². The van der Waals surface area contributed by atoms with E-state index in [4.69, 9.17) is 14.2 Å². The second-order valence-corrected chi connectivity index (χ2v) is 6.04. The summed E-state index contributed by atoms with van der Waals surface area (Å²) in [5.74, 6) is 0.267. The molecule has 2 rings (SSSR count). The Balaban J connectivity index is 1.91. The standard InChI is InChI=1S/C21H25NO5/c1-5-16-8-6-7-14(2)21(16)22-19(23)13-27-20(24)12-15-9-10-17(25-3)18(11-15)26-4/h6-11H,5,12-13H2,1-4H3,(H,22,23). The normalized spacial score (nSPS) is 10.2. The summed E-state index contributed by atoms with van der Waals surface area (Å²) in [7, 11) is 3.07. The average molecular weight is 371 g/mol. The number of aryl methyl sites for hydroxylation is 2. The molecule has 6 nitrogen and oxygen atoms in total. The van der Waals surface area contributed by atoms with E-state index >= 15 is 0 Å². The number of rotatable bonds is 8. The van der Waals surface area contributed by atoms with Crippen molar-refractivity contribution in [1.82, 2.24) is 0 Å². The minimum absolute atomic E-state index is 0.0399. The molecule has 0 aliphatic carbocycles. The van der Waals surface area contributed by atoms with Crippen molar-refractivity contribution in [2.24, 2.45) is 0 Å². The van der Waals surface area contributed by atoms with Crippen LogP contribution < -0.4 is 14.8 Å². The molecule has 0 spiro atoms. The topological polar surface area (TPSA) is 73.9 Å². The second-order valence-electron chi connectivity index (χ2n) is 6.04. The van der Waals surface area contributed by atoms with Crippen molar-refractivity contribution in [3.05, 3.63) is 53.1 Å². The molecule has 2 aromatic carbocycles. The molecule has 0 unspecified atom stereocenters. The SMILES string of the molecule is CCc1cccc(C)c1NC(=O)COC(=O)Cc1ccc(OC)c(OC)c1. The Kier molecular flexibility index (Phi) is 7.23. The Labute approximate surface area is 159 Å². The zero-order valence-electron chi connectivity index (χ0n) is 16.1. The zero-order valence-corrected chi connectivity index (χ0v) is 16.1. The summed E-state index contributed by atoms with van der Waals surface area (Å²) in [6.45, 7) is 3.62. The van der Waals surface area contributed by atoms with E-state index in [1.165, 1.54) is 7.11 Å². The van der Waals surface area contributed by atoms with Gasteiger partial charge in [0.2, 0.25) is 0 Å². The Bertz CT molecular complexity index is 816. The van der Waals surface area contributed by atoms with Crippen LogP contribution in [0.4, 0.5) is 5.69 Å².